The van der Waals surface area contributed by atoms with Crippen LogP contribution in [0.2, 0.25) is 0 Å². The zero-order valence-corrected chi connectivity index (χ0v) is 14.3. The number of para-hydroxylation sites is 1. The number of likely N-dealkylation sites (N-methyl/N-ethyl adjacent to an activating group) is 1. The number of aryl methyl sites for hydroxylation is 2. The molecule has 4 heteroatoms. The topological polar surface area (TPSA) is 29.1 Å². The first-order chi connectivity index (χ1) is 9.44. The van der Waals surface area contributed by atoms with Crippen LogP contribution < -0.4 is 17.7 Å². The zero-order valence-electron chi connectivity index (χ0n) is 13.6. The van der Waals surface area contributed by atoms with Crippen LogP contribution in [0.4, 0.5) is 5.69 Å². The predicted octanol–water partition coefficient (Wildman–Crippen LogP) is 0.265. The summed E-state index contributed by atoms with van der Waals surface area (Å²) in [5, 5.41) is 3.15. The molecule has 0 aromatic heterocycles. The number of quaternary nitrogens is 1. The van der Waals surface area contributed by atoms with Gasteiger partial charge < -0.3 is 22.2 Å². The lowest BCUT2D eigenvalue weighted by Gasteiger charge is -2.41. The molecule has 0 spiro atoms. The molecule has 1 fully saturated rings. The third-order valence-corrected chi connectivity index (χ3v) is 4.88. The van der Waals surface area contributed by atoms with Crippen molar-refractivity contribution in [2.75, 3.05) is 25.5 Å². The van der Waals surface area contributed by atoms with Crippen LogP contribution in [0, 0.1) is 13.8 Å². The Hall–Kier alpha value is -1.06. The molecule has 1 atom stereocenters. The summed E-state index contributed by atoms with van der Waals surface area (Å²) in [6.45, 7) is 8.38. The van der Waals surface area contributed by atoms with Crippen molar-refractivity contribution in [1.29, 1.82) is 0 Å². The first-order valence-electron chi connectivity index (χ1n) is 7.65. The second kappa shape index (κ2) is 7.28. The molecule has 1 N–H and O–H groups in total. The van der Waals surface area contributed by atoms with E-state index in [4.69, 9.17) is 0 Å². The molecule has 118 valence electrons. The number of benzene rings is 1. The van der Waals surface area contributed by atoms with Crippen LogP contribution in [-0.4, -0.2) is 36.6 Å². The molecule has 1 heterocycles. The van der Waals surface area contributed by atoms with Crippen LogP contribution in [0.5, 0.6) is 0 Å². The molecule has 0 radical (unpaired) electrons. The number of hydrogen-bond donors (Lipinski definition) is 1. The molecule has 21 heavy (non-hydrogen) atoms. The fraction of sp³-hybridized carbons (Fsp3) is 0.588. The Kier molecular flexibility index (Phi) is 6.24. The standard InChI is InChI=1S/C17H26N2O.ClH/c1-13-9-8-10-14(2)16(13)18-17(20)15(3)19(4)11-6-5-7-12-19;/h8-10,15H,5-7,11-12H2,1-4H3;1H. The van der Waals surface area contributed by atoms with Crippen molar-refractivity contribution in [3.8, 4) is 0 Å². The van der Waals surface area contributed by atoms with Crippen molar-refractivity contribution in [3.63, 3.8) is 0 Å². The predicted molar refractivity (Wildman–Crippen MR) is 83.8 cm³/mol. The minimum atomic E-state index is 0. The highest BCUT2D eigenvalue weighted by Gasteiger charge is 2.35. The summed E-state index contributed by atoms with van der Waals surface area (Å²) < 4.78 is 0.872. The largest absolute Gasteiger partial charge is 1.00 e. The Balaban J connectivity index is 0.00000220. The van der Waals surface area contributed by atoms with Gasteiger partial charge in [-0.25, -0.2) is 0 Å². The van der Waals surface area contributed by atoms with Crippen molar-refractivity contribution in [2.24, 2.45) is 0 Å². The van der Waals surface area contributed by atoms with Gasteiger partial charge in [0.05, 0.1) is 20.1 Å². The zero-order chi connectivity index (χ0) is 14.8. The third-order valence-electron chi connectivity index (χ3n) is 4.88. The van der Waals surface area contributed by atoms with E-state index in [1.165, 1.54) is 19.3 Å². The Morgan fingerprint density at radius 3 is 2.19 bits per heavy atom. The van der Waals surface area contributed by atoms with E-state index in [1.54, 1.807) is 0 Å². The Labute approximate surface area is 134 Å². The summed E-state index contributed by atoms with van der Waals surface area (Å²) in [7, 11) is 2.22. The lowest BCUT2D eigenvalue weighted by molar-refractivity contribution is -0.926. The van der Waals surface area contributed by atoms with Crippen LogP contribution in [0.1, 0.15) is 37.3 Å². The van der Waals surface area contributed by atoms with Crippen LogP contribution in [-0.2, 0) is 4.79 Å². The Morgan fingerprint density at radius 1 is 1.14 bits per heavy atom. The molecule has 1 aliphatic rings. The molecule has 0 bridgehead atoms. The normalized spacial score (nSPS) is 18.5. The van der Waals surface area contributed by atoms with Crippen molar-refractivity contribution < 1.29 is 21.7 Å². The van der Waals surface area contributed by atoms with Crippen molar-refractivity contribution in [3.05, 3.63) is 29.3 Å². The highest BCUT2D eigenvalue weighted by Crippen LogP contribution is 2.23. The number of nitrogens with zero attached hydrogens (tertiary/aromatic N) is 1. The van der Waals surface area contributed by atoms with Crippen molar-refractivity contribution >= 4 is 11.6 Å². The average molecular weight is 311 g/mol. The van der Waals surface area contributed by atoms with Crippen LogP contribution in [0.25, 0.3) is 0 Å². The number of hydrogen-bond acceptors (Lipinski definition) is 1. The summed E-state index contributed by atoms with van der Waals surface area (Å²) in [4.78, 5) is 12.6. The van der Waals surface area contributed by atoms with Crippen LogP contribution in [0.15, 0.2) is 18.2 Å². The number of halogens is 1. The van der Waals surface area contributed by atoms with E-state index in [-0.39, 0.29) is 24.4 Å². The SMILES string of the molecule is Cc1cccc(C)c1NC(=O)C(C)[N+]1(C)CCCCC1.[Cl-]. The van der Waals surface area contributed by atoms with Gasteiger partial charge in [-0.1, -0.05) is 18.2 Å². The van der Waals surface area contributed by atoms with E-state index in [1.807, 2.05) is 32.0 Å². The maximum atomic E-state index is 12.6. The molecule has 1 aromatic rings. The summed E-state index contributed by atoms with van der Waals surface area (Å²) in [5.41, 5.74) is 3.24. The van der Waals surface area contributed by atoms with Gasteiger partial charge in [0, 0.05) is 5.69 Å². The fourth-order valence-electron chi connectivity index (χ4n) is 3.14. The number of amides is 1. The molecule has 1 aliphatic heterocycles. The molecule has 3 nitrogen and oxygen atoms in total. The quantitative estimate of drug-likeness (QED) is 0.798. The summed E-state index contributed by atoms with van der Waals surface area (Å²) in [6.07, 6.45) is 3.77. The van der Waals surface area contributed by atoms with Gasteiger partial charge in [-0.05, 0) is 51.2 Å². The lowest BCUT2D eigenvalue weighted by Crippen LogP contribution is -3.00. The number of carbonyl (C=O) groups excluding carboxylic acids is 1. The first-order valence-corrected chi connectivity index (χ1v) is 7.65. The summed E-state index contributed by atoms with van der Waals surface area (Å²) in [6, 6.07) is 6.13. The van der Waals surface area contributed by atoms with E-state index < -0.39 is 0 Å². The van der Waals surface area contributed by atoms with Gasteiger partial charge in [0.15, 0.2) is 6.04 Å². The lowest BCUT2D eigenvalue weighted by atomic mass is 10.0. The summed E-state index contributed by atoms with van der Waals surface area (Å²) in [5.74, 6) is 0.145. The average Bonchev–Trinajstić information content (AvgIpc) is 2.43. The van der Waals surface area contributed by atoms with E-state index in [0.717, 1.165) is 34.4 Å². The number of carbonyl (C=O) groups is 1. The third kappa shape index (κ3) is 3.98. The molecular weight excluding hydrogens is 284 g/mol. The molecule has 0 saturated carbocycles. The maximum Gasteiger partial charge on any atom is 0.282 e. The van der Waals surface area contributed by atoms with Gasteiger partial charge in [0.1, 0.15) is 0 Å². The molecule has 1 saturated heterocycles. The fourth-order valence-corrected chi connectivity index (χ4v) is 3.14. The highest BCUT2D eigenvalue weighted by molar-refractivity contribution is 5.95. The van der Waals surface area contributed by atoms with Gasteiger partial charge in [0.2, 0.25) is 0 Å². The molecular formula is C17H27ClN2O. The molecule has 1 amide bonds. The van der Waals surface area contributed by atoms with Gasteiger partial charge >= 0.3 is 0 Å². The van der Waals surface area contributed by atoms with Crippen molar-refractivity contribution in [2.45, 2.75) is 46.1 Å². The molecule has 2 rings (SSSR count). The van der Waals surface area contributed by atoms with Gasteiger partial charge in [-0.15, -0.1) is 0 Å². The van der Waals surface area contributed by atoms with E-state index in [9.17, 15) is 4.79 Å². The number of anilines is 1. The van der Waals surface area contributed by atoms with E-state index >= 15 is 0 Å². The number of nitrogens with one attached hydrogen (secondary N) is 1. The molecule has 1 aromatic carbocycles. The smallest absolute Gasteiger partial charge is 0.282 e. The Morgan fingerprint density at radius 2 is 1.67 bits per heavy atom. The Bertz CT molecular complexity index is 475. The first kappa shape index (κ1) is 18.0. The van der Waals surface area contributed by atoms with Gasteiger partial charge in [-0.2, -0.15) is 0 Å². The van der Waals surface area contributed by atoms with Crippen LogP contribution in [0.3, 0.4) is 0 Å². The monoisotopic (exact) mass is 310 g/mol. The van der Waals surface area contributed by atoms with E-state index in [0.29, 0.717) is 0 Å². The van der Waals surface area contributed by atoms with Crippen LogP contribution >= 0.6 is 0 Å². The maximum absolute atomic E-state index is 12.6. The number of likely N-dealkylation sites (tertiary alicyclic amines) is 1. The highest BCUT2D eigenvalue weighted by atomic mass is 35.5. The minimum Gasteiger partial charge on any atom is -1.00 e. The second-order valence-corrected chi connectivity index (χ2v) is 6.42. The van der Waals surface area contributed by atoms with Gasteiger partial charge in [-0.3, -0.25) is 4.79 Å². The molecule has 0 aliphatic carbocycles. The number of piperidine rings is 1. The summed E-state index contributed by atoms with van der Waals surface area (Å²) >= 11 is 0. The van der Waals surface area contributed by atoms with Crippen molar-refractivity contribution in [1.82, 2.24) is 0 Å². The molecule has 1 unspecified atom stereocenters. The minimum absolute atomic E-state index is 0. The van der Waals surface area contributed by atoms with Gasteiger partial charge in [0.25, 0.3) is 5.91 Å². The second-order valence-electron chi connectivity index (χ2n) is 6.42. The number of rotatable bonds is 3. The van der Waals surface area contributed by atoms with E-state index in [2.05, 4.69) is 19.3 Å².